The molecule has 0 aliphatic carbocycles. The van der Waals surface area contributed by atoms with Crippen LogP contribution in [0, 0.1) is 18.8 Å². The molecule has 1 rings (SSSR count). The fourth-order valence-electron chi connectivity index (χ4n) is 1.18. The van der Waals surface area contributed by atoms with Gasteiger partial charge in [0.15, 0.2) is 0 Å². The van der Waals surface area contributed by atoms with Gasteiger partial charge in [0, 0.05) is 18.3 Å². The smallest absolute Gasteiger partial charge is 0.222 e. The third-order valence-electron chi connectivity index (χ3n) is 2.61. The van der Waals surface area contributed by atoms with Crippen LogP contribution in [0.2, 0.25) is 0 Å². The Morgan fingerprint density at radius 2 is 2.00 bits per heavy atom. The lowest BCUT2D eigenvalue weighted by Gasteiger charge is -2.16. The minimum absolute atomic E-state index is 0.328. The van der Waals surface area contributed by atoms with Gasteiger partial charge in [0.25, 0.3) is 0 Å². The van der Waals surface area contributed by atoms with E-state index in [1.54, 1.807) is 0 Å². The number of anilines is 2. The number of hydrogen-bond donors (Lipinski definition) is 2. The highest BCUT2D eigenvalue weighted by molar-refractivity contribution is 5.40. The van der Waals surface area contributed by atoms with Crippen molar-refractivity contribution in [1.29, 1.82) is 0 Å². The van der Waals surface area contributed by atoms with Gasteiger partial charge >= 0.3 is 0 Å². The molecule has 1 atom stereocenters. The number of nitrogens with zero attached hydrogens (tertiary/aromatic N) is 2. The molecule has 3 N–H and O–H groups in total. The highest BCUT2D eigenvalue weighted by atomic mass is 15.1. The lowest BCUT2D eigenvalue weighted by atomic mass is 9.98. The van der Waals surface area contributed by atoms with E-state index in [0.29, 0.717) is 17.8 Å². The molecule has 0 saturated heterocycles. The normalized spacial score (nSPS) is 12.9. The Kier molecular flexibility index (Phi) is 3.88. The molecule has 15 heavy (non-hydrogen) atoms. The summed E-state index contributed by atoms with van der Waals surface area (Å²) >= 11 is 0. The highest BCUT2D eigenvalue weighted by Crippen LogP contribution is 2.12. The van der Waals surface area contributed by atoms with E-state index in [-0.39, 0.29) is 0 Å². The molecule has 1 aromatic heterocycles. The number of nitrogens with one attached hydrogen (secondary N) is 1. The Labute approximate surface area is 91.3 Å². The van der Waals surface area contributed by atoms with Crippen LogP contribution in [0.25, 0.3) is 0 Å². The van der Waals surface area contributed by atoms with Gasteiger partial charge in [-0.25, -0.2) is 4.98 Å². The molecule has 0 aliphatic rings. The summed E-state index contributed by atoms with van der Waals surface area (Å²) in [6.45, 7) is 9.47. The quantitative estimate of drug-likeness (QED) is 0.795. The second-order valence-corrected chi connectivity index (χ2v) is 4.35. The summed E-state index contributed by atoms with van der Waals surface area (Å²) in [5.41, 5.74) is 6.45. The van der Waals surface area contributed by atoms with Crippen LogP contribution in [0.3, 0.4) is 0 Å². The van der Waals surface area contributed by atoms with Crippen molar-refractivity contribution < 1.29 is 0 Å². The number of hydrogen-bond acceptors (Lipinski definition) is 4. The molecule has 0 bridgehead atoms. The summed E-state index contributed by atoms with van der Waals surface area (Å²) < 4.78 is 0. The molecule has 0 spiro atoms. The molecule has 4 nitrogen and oxygen atoms in total. The molecule has 84 valence electrons. The van der Waals surface area contributed by atoms with Crippen LogP contribution in [0.4, 0.5) is 11.8 Å². The first-order valence-electron chi connectivity index (χ1n) is 5.34. The largest absolute Gasteiger partial charge is 0.370 e. The Bertz CT molecular complexity index is 302. The summed E-state index contributed by atoms with van der Waals surface area (Å²) in [7, 11) is 0. The minimum Gasteiger partial charge on any atom is -0.370 e. The van der Waals surface area contributed by atoms with E-state index in [2.05, 4.69) is 36.1 Å². The first-order chi connectivity index (χ1) is 6.99. The van der Waals surface area contributed by atoms with E-state index in [0.717, 1.165) is 18.1 Å². The van der Waals surface area contributed by atoms with Crippen molar-refractivity contribution in [2.24, 2.45) is 11.8 Å². The fraction of sp³-hybridized carbons (Fsp3) is 0.636. The van der Waals surface area contributed by atoms with Crippen molar-refractivity contribution in [3.8, 4) is 0 Å². The summed E-state index contributed by atoms with van der Waals surface area (Å²) in [6, 6.07) is 1.91. The number of nitrogen functional groups attached to an aromatic ring is 1. The van der Waals surface area contributed by atoms with Gasteiger partial charge in [-0.3, -0.25) is 0 Å². The van der Waals surface area contributed by atoms with Crippen molar-refractivity contribution in [2.45, 2.75) is 27.7 Å². The van der Waals surface area contributed by atoms with Gasteiger partial charge in [0.05, 0.1) is 0 Å². The van der Waals surface area contributed by atoms with Crippen molar-refractivity contribution in [2.75, 3.05) is 17.6 Å². The summed E-state index contributed by atoms with van der Waals surface area (Å²) in [5, 5.41) is 3.28. The highest BCUT2D eigenvalue weighted by Gasteiger charge is 2.07. The molecule has 0 saturated carbocycles. The van der Waals surface area contributed by atoms with Gasteiger partial charge in [-0.05, 0) is 18.8 Å². The average Bonchev–Trinajstić information content (AvgIpc) is 2.12. The monoisotopic (exact) mass is 208 g/mol. The molecule has 0 fully saturated rings. The topological polar surface area (TPSA) is 63.8 Å². The van der Waals surface area contributed by atoms with Gasteiger partial charge in [-0.1, -0.05) is 20.8 Å². The Morgan fingerprint density at radius 3 is 2.53 bits per heavy atom. The van der Waals surface area contributed by atoms with Gasteiger partial charge in [-0.15, -0.1) is 0 Å². The van der Waals surface area contributed by atoms with E-state index >= 15 is 0 Å². The second kappa shape index (κ2) is 4.96. The molecule has 0 amide bonds. The Morgan fingerprint density at radius 1 is 1.33 bits per heavy atom. The van der Waals surface area contributed by atoms with Gasteiger partial charge in [-0.2, -0.15) is 4.98 Å². The number of rotatable bonds is 4. The first kappa shape index (κ1) is 11.8. The summed E-state index contributed by atoms with van der Waals surface area (Å²) in [5.74, 6) is 2.42. The zero-order valence-corrected chi connectivity index (χ0v) is 9.91. The van der Waals surface area contributed by atoms with Gasteiger partial charge < -0.3 is 11.1 Å². The molecule has 0 aliphatic heterocycles. The van der Waals surface area contributed by atoms with E-state index < -0.39 is 0 Å². The molecule has 4 heteroatoms. The van der Waals surface area contributed by atoms with Crippen LogP contribution in [-0.4, -0.2) is 16.5 Å². The molecule has 1 heterocycles. The van der Waals surface area contributed by atoms with Crippen LogP contribution in [0.15, 0.2) is 6.07 Å². The molecular formula is C11H20N4. The van der Waals surface area contributed by atoms with Crippen LogP contribution >= 0.6 is 0 Å². The maximum absolute atomic E-state index is 5.56. The predicted molar refractivity (Wildman–Crippen MR) is 63.7 cm³/mol. The molecule has 1 unspecified atom stereocenters. The molecular weight excluding hydrogens is 188 g/mol. The van der Waals surface area contributed by atoms with Crippen molar-refractivity contribution >= 4 is 11.8 Å². The van der Waals surface area contributed by atoms with Crippen LogP contribution in [-0.2, 0) is 0 Å². The second-order valence-electron chi connectivity index (χ2n) is 4.35. The van der Waals surface area contributed by atoms with Crippen LogP contribution in [0.5, 0.6) is 0 Å². The van der Waals surface area contributed by atoms with Crippen LogP contribution in [0.1, 0.15) is 26.5 Å². The number of aryl methyl sites for hydroxylation is 1. The third kappa shape index (κ3) is 3.73. The first-order valence-corrected chi connectivity index (χ1v) is 5.34. The lowest BCUT2D eigenvalue weighted by Crippen LogP contribution is -2.17. The SMILES string of the molecule is Cc1cc(NCC(C)C(C)C)nc(N)n1. The molecule has 1 aromatic rings. The minimum atomic E-state index is 0.328. The summed E-state index contributed by atoms with van der Waals surface area (Å²) in [4.78, 5) is 8.14. The predicted octanol–water partition coefficient (Wildman–Crippen LogP) is 2.07. The standard InChI is InChI=1S/C11H20N4/c1-7(2)8(3)6-13-10-5-9(4)14-11(12)15-10/h5,7-8H,6H2,1-4H3,(H3,12,13,14,15). The van der Waals surface area contributed by atoms with Crippen molar-refractivity contribution in [3.05, 3.63) is 11.8 Å². The third-order valence-corrected chi connectivity index (χ3v) is 2.61. The van der Waals surface area contributed by atoms with Crippen LogP contribution < -0.4 is 11.1 Å². The van der Waals surface area contributed by atoms with Crippen molar-refractivity contribution in [3.63, 3.8) is 0 Å². The Balaban J connectivity index is 2.57. The maximum atomic E-state index is 5.56. The van der Waals surface area contributed by atoms with E-state index in [4.69, 9.17) is 5.73 Å². The van der Waals surface area contributed by atoms with Crippen molar-refractivity contribution in [1.82, 2.24) is 9.97 Å². The molecule has 0 radical (unpaired) electrons. The van der Waals surface area contributed by atoms with E-state index in [1.165, 1.54) is 0 Å². The zero-order chi connectivity index (χ0) is 11.4. The maximum Gasteiger partial charge on any atom is 0.222 e. The Hall–Kier alpha value is -1.32. The molecule has 0 aromatic carbocycles. The van der Waals surface area contributed by atoms with E-state index in [1.807, 2.05) is 13.0 Å². The van der Waals surface area contributed by atoms with E-state index in [9.17, 15) is 0 Å². The zero-order valence-electron chi connectivity index (χ0n) is 9.91. The number of aromatic nitrogens is 2. The van der Waals surface area contributed by atoms with Gasteiger partial charge in [0.2, 0.25) is 5.95 Å². The number of nitrogens with two attached hydrogens (primary N) is 1. The summed E-state index contributed by atoms with van der Waals surface area (Å²) in [6.07, 6.45) is 0. The fourth-order valence-corrected chi connectivity index (χ4v) is 1.18. The lowest BCUT2D eigenvalue weighted by molar-refractivity contribution is 0.439. The van der Waals surface area contributed by atoms with Gasteiger partial charge in [0.1, 0.15) is 5.82 Å². The average molecular weight is 208 g/mol.